The highest BCUT2D eigenvalue weighted by molar-refractivity contribution is 7.99. The van der Waals surface area contributed by atoms with E-state index in [4.69, 9.17) is 9.47 Å². The monoisotopic (exact) mass is 253 g/mol. The van der Waals surface area contributed by atoms with E-state index >= 15 is 0 Å². The van der Waals surface area contributed by atoms with E-state index in [1.54, 1.807) is 14.2 Å². The summed E-state index contributed by atoms with van der Waals surface area (Å²) >= 11 is 2.02. The lowest BCUT2D eigenvalue weighted by molar-refractivity contribution is 0.350. The van der Waals surface area contributed by atoms with Crippen LogP contribution in [-0.2, 0) is 6.54 Å². The smallest absolute Gasteiger partial charge is 0.165 e. The number of hydrogen-bond donors (Lipinski definition) is 1. The molecule has 1 aliphatic rings. The zero-order valence-electron chi connectivity index (χ0n) is 10.4. The minimum atomic E-state index is 0.635. The fraction of sp³-hybridized carbons (Fsp3) is 0.538. The average Bonchev–Trinajstić information content (AvgIpc) is 2.88. The van der Waals surface area contributed by atoms with Crippen LogP contribution in [0.1, 0.15) is 12.0 Å². The first kappa shape index (κ1) is 12.6. The van der Waals surface area contributed by atoms with Crippen molar-refractivity contribution in [3.05, 3.63) is 23.8 Å². The summed E-state index contributed by atoms with van der Waals surface area (Å²) in [5.41, 5.74) is 1.16. The molecule has 1 N–H and O–H groups in total. The van der Waals surface area contributed by atoms with Crippen LogP contribution in [0.4, 0.5) is 0 Å². The first-order valence-corrected chi connectivity index (χ1v) is 7.01. The Labute approximate surface area is 107 Å². The van der Waals surface area contributed by atoms with Crippen LogP contribution in [0, 0.1) is 0 Å². The van der Waals surface area contributed by atoms with E-state index in [2.05, 4.69) is 11.4 Å². The topological polar surface area (TPSA) is 30.5 Å². The summed E-state index contributed by atoms with van der Waals surface area (Å²) in [6, 6.07) is 6.64. The van der Waals surface area contributed by atoms with E-state index in [-0.39, 0.29) is 0 Å². The lowest BCUT2D eigenvalue weighted by atomic mass is 10.1. The fourth-order valence-corrected chi connectivity index (χ4v) is 3.23. The molecule has 0 aliphatic carbocycles. The molecule has 0 radical (unpaired) electrons. The molecule has 1 fully saturated rings. The standard InChI is InChI=1S/C13H19NO2S/c1-15-12-5-3-4-10(13(12)16-2)8-14-11-6-7-17-9-11/h3-5,11,14H,6-9H2,1-2H3. The van der Waals surface area contributed by atoms with Crippen molar-refractivity contribution in [1.82, 2.24) is 5.32 Å². The molecular formula is C13H19NO2S. The zero-order chi connectivity index (χ0) is 12.1. The van der Waals surface area contributed by atoms with Crippen LogP contribution in [-0.4, -0.2) is 31.8 Å². The summed E-state index contributed by atoms with van der Waals surface area (Å²) in [5, 5.41) is 3.57. The molecule has 0 aromatic heterocycles. The number of hydrogen-bond acceptors (Lipinski definition) is 4. The SMILES string of the molecule is COc1cccc(CNC2CCSC2)c1OC. The Morgan fingerprint density at radius 2 is 2.24 bits per heavy atom. The molecule has 1 heterocycles. The van der Waals surface area contributed by atoms with Gasteiger partial charge in [-0.3, -0.25) is 0 Å². The zero-order valence-corrected chi connectivity index (χ0v) is 11.2. The second-order valence-corrected chi connectivity index (χ2v) is 5.24. The van der Waals surface area contributed by atoms with Gasteiger partial charge in [-0.15, -0.1) is 0 Å². The third-order valence-electron chi connectivity index (χ3n) is 3.00. The van der Waals surface area contributed by atoms with Gasteiger partial charge in [0, 0.05) is 23.9 Å². The Bertz CT molecular complexity index is 364. The third-order valence-corrected chi connectivity index (χ3v) is 4.16. The highest BCUT2D eigenvalue weighted by Gasteiger charge is 2.16. The van der Waals surface area contributed by atoms with Gasteiger partial charge in [0.1, 0.15) is 0 Å². The van der Waals surface area contributed by atoms with Crippen molar-refractivity contribution in [1.29, 1.82) is 0 Å². The second kappa shape index (κ2) is 6.17. The number of methoxy groups -OCH3 is 2. The number of thioether (sulfide) groups is 1. The van der Waals surface area contributed by atoms with Crippen molar-refractivity contribution in [2.24, 2.45) is 0 Å². The lowest BCUT2D eigenvalue weighted by Crippen LogP contribution is -2.28. The van der Waals surface area contributed by atoms with E-state index in [0.717, 1.165) is 23.6 Å². The molecule has 0 saturated carbocycles. The molecule has 0 bridgehead atoms. The molecule has 2 rings (SSSR count). The maximum Gasteiger partial charge on any atom is 0.165 e. The van der Waals surface area contributed by atoms with Crippen LogP contribution < -0.4 is 14.8 Å². The van der Waals surface area contributed by atoms with Crippen LogP contribution in [0.3, 0.4) is 0 Å². The van der Waals surface area contributed by atoms with Gasteiger partial charge in [-0.2, -0.15) is 11.8 Å². The molecule has 0 amide bonds. The van der Waals surface area contributed by atoms with Crippen molar-refractivity contribution < 1.29 is 9.47 Å². The summed E-state index contributed by atoms with van der Waals surface area (Å²) in [6.07, 6.45) is 1.26. The molecule has 1 aromatic rings. The number of ether oxygens (including phenoxy) is 2. The Hall–Kier alpha value is -0.870. The van der Waals surface area contributed by atoms with Gasteiger partial charge in [-0.05, 0) is 18.2 Å². The summed E-state index contributed by atoms with van der Waals surface area (Å²) in [5.74, 6) is 4.12. The highest BCUT2D eigenvalue weighted by Crippen LogP contribution is 2.30. The molecular weight excluding hydrogens is 234 g/mol. The predicted molar refractivity (Wildman–Crippen MR) is 72.1 cm³/mol. The van der Waals surface area contributed by atoms with Gasteiger partial charge in [0.2, 0.25) is 0 Å². The van der Waals surface area contributed by atoms with Crippen LogP contribution in [0.2, 0.25) is 0 Å². The number of nitrogens with one attached hydrogen (secondary N) is 1. The van der Waals surface area contributed by atoms with Gasteiger partial charge in [0.25, 0.3) is 0 Å². The van der Waals surface area contributed by atoms with E-state index < -0.39 is 0 Å². The molecule has 1 unspecified atom stereocenters. The van der Waals surface area contributed by atoms with E-state index in [1.165, 1.54) is 17.9 Å². The molecule has 1 aliphatic heterocycles. The summed E-state index contributed by atoms with van der Waals surface area (Å²) < 4.78 is 10.7. The molecule has 94 valence electrons. The summed E-state index contributed by atoms with van der Waals surface area (Å²) in [4.78, 5) is 0. The summed E-state index contributed by atoms with van der Waals surface area (Å²) in [7, 11) is 3.36. The first-order chi connectivity index (χ1) is 8.35. The van der Waals surface area contributed by atoms with Gasteiger partial charge in [0.15, 0.2) is 11.5 Å². The molecule has 4 heteroatoms. The van der Waals surface area contributed by atoms with Crippen molar-refractivity contribution in [3.63, 3.8) is 0 Å². The van der Waals surface area contributed by atoms with Crippen molar-refractivity contribution in [3.8, 4) is 11.5 Å². The van der Waals surface area contributed by atoms with Gasteiger partial charge in [0.05, 0.1) is 14.2 Å². The minimum absolute atomic E-state index is 0.635. The summed E-state index contributed by atoms with van der Waals surface area (Å²) in [6.45, 7) is 0.839. The average molecular weight is 253 g/mol. The van der Waals surface area contributed by atoms with E-state index in [0.29, 0.717) is 6.04 Å². The van der Waals surface area contributed by atoms with Gasteiger partial charge >= 0.3 is 0 Å². The number of para-hydroxylation sites is 1. The molecule has 1 saturated heterocycles. The maximum atomic E-state index is 5.41. The Balaban J connectivity index is 2.03. The first-order valence-electron chi connectivity index (χ1n) is 5.86. The van der Waals surface area contributed by atoms with Crippen molar-refractivity contribution in [2.45, 2.75) is 19.0 Å². The Morgan fingerprint density at radius 1 is 1.35 bits per heavy atom. The molecule has 1 aromatic carbocycles. The van der Waals surface area contributed by atoms with Crippen LogP contribution in [0.15, 0.2) is 18.2 Å². The number of rotatable bonds is 5. The largest absolute Gasteiger partial charge is 0.493 e. The normalized spacial score (nSPS) is 19.3. The van der Waals surface area contributed by atoms with Gasteiger partial charge in [-0.1, -0.05) is 12.1 Å². The molecule has 0 spiro atoms. The Morgan fingerprint density at radius 3 is 2.88 bits per heavy atom. The lowest BCUT2D eigenvalue weighted by Gasteiger charge is -2.15. The van der Waals surface area contributed by atoms with Crippen LogP contribution in [0.25, 0.3) is 0 Å². The van der Waals surface area contributed by atoms with Crippen molar-refractivity contribution in [2.75, 3.05) is 25.7 Å². The Kier molecular flexibility index (Phi) is 4.57. The minimum Gasteiger partial charge on any atom is -0.493 e. The van der Waals surface area contributed by atoms with Gasteiger partial charge < -0.3 is 14.8 Å². The fourth-order valence-electron chi connectivity index (χ4n) is 2.04. The molecule has 3 nitrogen and oxygen atoms in total. The predicted octanol–water partition coefficient (Wildman–Crippen LogP) is 2.30. The highest BCUT2D eigenvalue weighted by atomic mass is 32.2. The maximum absolute atomic E-state index is 5.41. The van der Waals surface area contributed by atoms with E-state index in [9.17, 15) is 0 Å². The molecule has 1 atom stereocenters. The van der Waals surface area contributed by atoms with E-state index in [1.807, 2.05) is 23.9 Å². The van der Waals surface area contributed by atoms with Crippen LogP contribution in [0.5, 0.6) is 11.5 Å². The second-order valence-electron chi connectivity index (χ2n) is 4.09. The molecule has 17 heavy (non-hydrogen) atoms. The number of benzene rings is 1. The quantitative estimate of drug-likeness (QED) is 0.872. The van der Waals surface area contributed by atoms with Crippen molar-refractivity contribution >= 4 is 11.8 Å². The third kappa shape index (κ3) is 3.07. The van der Waals surface area contributed by atoms with Crippen LogP contribution >= 0.6 is 11.8 Å². The van der Waals surface area contributed by atoms with Gasteiger partial charge in [-0.25, -0.2) is 0 Å².